The number of nitrogens with one attached hydrogen (secondary N) is 2. The normalized spacial score (nSPS) is 11.2. The predicted molar refractivity (Wildman–Crippen MR) is 127 cm³/mol. The summed E-state index contributed by atoms with van der Waals surface area (Å²) in [4.78, 5) is 34.2. The minimum absolute atomic E-state index is 0.00842. The summed E-state index contributed by atoms with van der Waals surface area (Å²) in [5.41, 5.74) is 1.16. The summed E-state index contributed by atoms with van der Waals surface area (Å²) < 4.78 is 41.5. The molecule has 0 aliphatic heterocycles. The van der Waals surface area contributed by atoms with Crippen LogP contribution in [0.3, 0.4) is 0 Å². The molecule has 0 bridgehead atoms. The number of aromatic nitrogens is 3. The molecule has 0 saturated carbocycles. The molecule has 0 spiro atoms. The fourth-order valence-electron chi connectivity index (χ4n) is 3.73. The summed E-state index contributed by atoms with van der Waals surface area (Å²) in [7, 11) is 0. The first-order chi connectivity index (χ1) is 16.9. The predicted octanol–water partition coefficient (Wildman–Crippen LogP) is 4.85. The van der Waals surface area contributed by atoms with Gasteiger partial charge in [-0.15, -0.1) is 11.3 Å². The van der Waals surface area contributed by atoms with Crippen LogP contribution in [0.2, 0.25) is 0 Å². The van der Waals surface area contributed by atoms with Crippen LogP contribution in [0.25, 0.3) is 21.5 Å². The first-order valence-corrected chi connectivity index (χ1v) is 11.3. The number of H-pyrrole nitrogens is 1. The van der Waals surface area contributed by atoms with E-state index in [1.54, 1.807) is 12.3 Å². The Morgan fingerprint density at radius 1 is 1.09 bits per heavy atom. The Morgan fingerprint density at radius 2 is 1.94 bits per heavy atom. The van der Waals surface area contributed by atoms with Crippen LogP contribution in [0.5, 0.6) is 0 Å². The molecule has 6 nitrogen and oxygen atoms in total. The van der Waals surface area contributed by atoms with E-state index < -0.39 is 28.9 Å². The molecule has 0 radical (unpaired) electrons. The van der Waals surface area contributed by atoms with Crippen molar-refractivity contribution in [3.63, 3.8) is 0 Å². The van der Waals surface area contributed by atoms with E-state index in [1.165, 1.54) is 40.3 Å². The third-order valence-electron chi connectivity index (χ3n) is 5.45. The number of hydrogen-bond acceptors (Lipinski definition) is 4. The van der Waals surface area contributed by atoms with E-state index >= 15 is 0 Å². The molecule has 35 heavy (non-hydrogen) atoms. The molecule has 0 unspecified atom stereocenters. The number of thiophene rings is 1. The molecule has 176 valence electrons. The van der Waals surface area contributed by atoms with Crippen LogP contribution in [0.4, 0.5) is 13.2 Å². The van der Waals surface area contributed by atoms with Crippen LogP contribution in [-0.4, -0.2) is 20.4 Å². The second-order valence-electron chi connectivity index (χ2n) is 7.80. The Morgan fingerprint density at radius 3 is 2.77 bits per heavy atom. The second kappa shape index (κ2) is 9.22. The molecule has 1 aromatic carbocycles. The lowest BCUT2D eigenvalue weighted by atomic mass is 10.2. The SMILES string of the molecule is O=C(NCc1ccc(-c2c[nH]c3ncc(F)cc23)s1)c1cccn(Cc2ccc(F)c(F)c2)c1=O. The molecule has 1 amide bonds. The smallest absolute Gasteiger partial charge is 0.263 e. The summed E-state index contributed by atoms with van der Waals surface area (Å²) in [5, 5.41) is 3.40. The minimum atomic E-state index is -1.01. The number of aromatic amines is 1. The maximum Gasteiger partial charge on any atom is 0.263 e. The van der Waals surface area contributed by atoms with Gasteiger partial charge in [-0.05, 0) is 48.0 Å². The molecule has 0 atom stereocenters. The maximum absolute atomic E-state index is 13.6. The average Bonchev–Trinajstić information content (AvgIpc) is 3.47. The average molecular weight is 494 g/mol. The van der Waals surface area contributed by atoms with E-state index in [4.69, 9.17) is 0 Å². The highest BCUT2D eigenvalue weighted by Gasteiger charge is 2.15. The number of amides is 1. The molecule has 0 saturated heterocycles. The number of carbonyl (C=O) groups excluding carboxylic acids is 1. The largest absolute Gasteiger partial charge is 0.347 e. The summed E-state index contributed by atoms with van der Waals surface area (Å²) in [6, 6.07) is 11.5. The van der Waals surface area contributed by atoms with Gasteiger partial charge in [0.15, 0.2) is 11.6 Å². The highest BCUT2D eigenvalue weighted by atomic mass is 32.1. The maximum atomic E-state index is 13.6. The number of nitrogens with zero attached hydrogens (tertiary/aromatic N) is 2. The zero-order chi connectivity index (χ0) is 24.5. The Hall–Kier alpha value is -4.18. The van der Waals surface area contributed by atoms with Crippen molar-refractivity contribution < 1.29 is 18.0 Å². The Bertz CT molecular complexity index is 1620. The van der Waals surface area contributed by atoms with Gasteiger partial charge in [0.2, 0.25) is 0 Å². The Kier molecular flexibility index (Phi) is 5.96. The molecule has 4 heterocycles. The third kappa shape index (κ3) is 4.60. The number of halogens is 3. The van der Waals surface area contributed by atoms with Gasteiger partial charge in [-0.3, -0.25) is 9.59 Å². The van der Waals surface area contributed by atoms with E-state index in [-0.39, 0.29) is 18.7 Å². The molecule has 0 aliphatic carbocycles. The van der Waals surface area contributed by atoms with Gasteiger partial charge < -0.3 is 14.9 Å². The lowest BCUT2D eigenvalue weighted by Crippen LogP contribution is -2.32. The molecule has 5 aromatic rings. The first kappa shape index (κ1) is 22.6. The van der Waals surface area contributed by atoms with E-state index in [1.807, 2.05) is 12.1 Å². The van der Waals surface area contributed by atoms with Gasteiger partial charge in [0.1, 0.15) is 17.0 Å². The van der Waals surface area contributed by atoms with Crippen LogP contribution in [0.1, 0.15) is 20.8 Å². The summed E-state index contributed by atoms with van der Waals surface area (Å²) in [6.45, 7) is 0.182. The molecule has 5 rings (SSSR count). The van der Waals surface area contributed by atoms with Gasteiger partial charge in [-0.1, -0.05) is 6.07 Å². The number of pyridine rings is 2. The first-order valence-electron chi connectivity index (χ1n) is 10.5. The van der Waals surface area contributed by atoms with Crippen molar-refractivity contribution in [3.8, 4) is 10.4 Å². The highest BCUT2D eigenvalue weighted by Crippen LogP contribution is 2.33. The number of rotatable bonds is 6. The fourth-order valence-corrected chi connectivity index (χ4v) is 4.71. The lowest BCUT2D eigenvalue weighted by molar-refractivity contribution is 0.0949. The summed E-state index contributed by atoms with van der Waals surface area (Å²) >= 11 is 1.43. The van der Waals surface area contributed by atoms with E-state index in [0.29, 0.717) is 16.6 Å². The van der Waals surface area contributed by atoms with Crippen molar-refractivity contribution in [2.75, 3.05) is 0 Å². The van der Waals surface area contributed by atoms with E-state index in [2.05, 4.69) is 15.3 Å². The highest BCUT2D eigenvalue weighted by molar-refractivity contribution is 7.15. The molecular weight excluding hydrogens is 477 g/mol. The third-order valence-corrected chi connectivity index (χ3v) is 6.57. The molecule has 10 heteroatoms. The fraction of sp³-hybridized carbons (Fsp3) is 0.0800. The van der Waals surface area contributed by atoms with Crippen LogP contribution >= 0.6 is 11.3 Å². The summed E-state index contributed by atoms with van der Waals surface area (Å²) in [5.74, 6) is -2.96. The zero-order valence-electron chi connectivity index (χ0n) is 18.0. The van der Waals surface area contributed by atoms with E-state index in [0.717, 1.165) is 33.6 Å². The summed E-state index contributed by atoms with van der Waals surface area (Å²) in [6.07, 6.45) is 4.38. The van der Waals surface area contributed by atoms with Gasteiger partial charge in [0.25, 0.3) is 11.5 Å². The van der Waals surface area contributed by atoms with Crippen molar-refractivity contribution >= 4 is 28.3 Å². The topological polar surface area (TPSA) is 79.8 Å². The molecule has 4 aromatic heterocycles. The zero-order valence-corrected chi connectivity index (χ0v) is 18.8. The van der Waals surface area contributed by atoms with Crippen molar-refractivity contribution in [2.24, 2.45) is 0 Å². The number of fused-ring (bicyclic) bond motifs is 1. The Labute approximate surface area is 200 Å². The van der Waals surface area contributed by atoms with Crippen molar-refractivity contribution in [1.29, 1.82) is 0 Å². The van der Waals surface area contributed by atoms with Crippen LogP contribution in [0.15, 0.2) is 71.9 Å². The number of carbonyl (C=O) groups is 1. The molecule has 0 aliphatic rings. The van der Waals surface area contributed by atoms with E-state index in [9.17, 15) is 22.8 Å². The van der Waals surface area contributed by atoms with Crippen LogP contribution < -0.4 is 10.9 Å². The van der Waals surface area contributed by atoms with Crippen molar-refractivity contribution in [1.82, 2.24) is 19.9 Å². The molecular formula is C25H17F3N4O2S. The van der Waals surface area contributed by atoms with Gasteiger partial charge in [-0.25, -0.2) is 18.2 Å². The van der Waals surface area contributed by atoms with Gasteiger partial charge in [0, 0.05) is 33.1 Å². The standard InChI is InChI=1S/C25H17F3N4O2S/c26-15-9-18-19(12-30-23(18)29-10-15)22-6-4-16(35-22)11-31-24(33)17-2-1-7-32(25(17)34)13-14-3-5-20(27)21(28)8-14/h1-10,12H,11,13H2,(H,29,30)(H,31,33). The van der Waals surface area contributed by atoms with Gasteiger partial charge in [0.05, 0.1) is 19.3 Å². The van der Waals surface area contributed by atoms with Crippen molar-refractivity contribution in [3.05, 3.63) is 111 Å². The minimum Gasteiger partial charge on any atom is -0.347 e. The van der Waals surface area contributed by atoms with Crippen LogP contribution in [-0.2, 0) is 13.1 Å². The monoisotopic (exact) mass is 494 g/mol. The number of hydrogen-bond donors (Lipinski definition) is 2. The van der Waals surface area contributed by atoms with Gasteiger partial charge in [-0.2, -0.15) is 0 Å². The molecule has 0 fully saturated rings. The van der Waals surface area contributed by atoms with Crippen molar-refractivity contribution in [2.45, 2.75) is 13.1 Å². The lowest BCUT2D eigenvalue weighted by Gasteiger charge is -2.09. The Balaban J connectivity index is 1.30. The van der Waals surface area contributed by atoms with Crippen LogP contribution in [0, 0.1) is 17.5 Å². The second-order valence-corrected chi connectivity index (χ2v) is 8.97. The van der Waals surface area contributed by atoms with Gasteiger partial charge >= 0.3 is 0 Å². The number of benzene rings is 1. The quantitative estimate of drug-likeness (QED) is 0.354. The molecule has 2 N–H and O–H groups in total.